The molecule has 27 heavy (non-hydrogen) atoms. The van der Waals surface area contributed by atoms with Crippen molar-refractivity contribution >= 4 is 34.6 Å². The average molecular weight is 391 g/mol. The van der Waals surface area contributed by atoms with E-state index in [2.05, 4.69) is 15.6 Å². The number of nitrogens with zero attached hydrogens (tertiary/aromatic N) is 2. The van der Waals surface area contributed by atoms with E-state index >= 15 is 0 Å². The number of nitrogens with one attached hydrogen (secondary N) is 2. The molecule has 3 amide bonds. The van der Waals surface area contributed by atoms with Crippen LogP contribution < -0.4 is 16.2 Å². The Morgan fingerprint density at radius 2 is 2.00 bits per heavy atom. The van der Waals surface area contributed by atoms with E-state index in [1.165, 1.54) is 0 Å². The Labute approximate surface area is 162 Å². The predicted molar refractivity (Wildman–Crippen MR) is 108 cm³/mol. The number of rotatable bonds is 8. The Morgan fingerprint density at radius 3 is 2.70 bits per heavy atom. The first-order valence-corrected chi connectivity index (χ1v) is 10.2. The molecule has 0 unspecified atom stereocenters. The number of hydrogen-bond acceptors (Lipinski definition) is 5. The largest absolute Gasteiger partial charge is 0.338 e. The molecule has 146 valence electrons. The molecule has 0 fully saturated rings. The van der Waals surface area contributed by atoms with Gasteiger partial charge in [0.15, 0.2) is 5.16 Å². The Kier molecular flexibility index (Phi) is 7.84. The van der Waals surface area contributed by atoms with E-state index < -0.39 is 11.9 Å². The molecule has 0 aliphatic heterocycles. The summed E-state index contributed by atoms with van der Waals surface area (Å²) in [4.78, 5) is 41.1. The van der Waals surface area contributed by atoms with Crippen molar-refractivity contribution in [1.82, 2.24) is 20.2 Å². The van der Waals surface area contributed by atoms with Crippen molar-refractivity contribution in [1.29, 1.82) is 0 Å². The first-order chi connectivity index (χ1) is 13.0. The molecule has 2 rings (SSSR count). The topological polar surface area (TPSA) is 93.1 Å². The number of unbranched alkanes of at least 4 members (excludes halogenated alkanes) is 1. The fraction of sp³-hybridized carbons (Fsp3) is 0.474. The SMILES string of the molecule is CCCCNC(=O)NC(=O)CSc1nc2ccccc2c(=O)n1[C@H](C)CC. The van der Waals surface area contributed by atoms with Gasteiger partial charge in [-0.15, -0.1) is 0 Å². The van der Waals surface area contributed by atoms with E-state index in [-0.39, 0.29) is 17.4 Å². The molecule has 0 radical (unpaired) electrons. The van der Waals surface area contributed by atoms with Gasteiger partial charge in [-0.05, 0) is 31.9 Å². The van der Waals surface area contributed by atoms with Gasteiger partial charge in [-0.25, -0.2) is 9.78 Å². The summed E-state index contributed by atoms with van der Waals surface area (Å²) in [5.74, 6) is -0.422. The summed E-state index contributed by atoms with van der Waals surface area (Å²) in [6, 6.07) is 6.62. The van der Waals surface area contributed by atoms with Crippen molar-refractivity contribution in [3.05, 3.63) is 34.6 Å². The monoisotopic (exact) mass is 390 g/mol. The van der Waals surface area contributed by atoms with Crippen LogP contribution in [0.2, 0.25) is 0 Å². The smallest absolute Gasteiger partial charge is 0.321 e. The molecule has 8 heteroatoms. The molecule has 0 spiro atoms. The number of urea groups is 1. The highest BCUT2D eigenvalue weighted by Gasteiger charge is 2.17. The molecule has 1 aromatic heterocycles. The fourth-order valence-electron chi connectivity index (χ4n) is 2.51. The molecule has 0 bridgehead atoms. The molecule has 1 aromatic carbocycles. The maximum atomic E-state index is 12.9. The Bertz CT molecular complexity index is 866. The van der Waals surface area contributed by atoms with E-state index in [0.717, 1.165) is 31.0 Å². The highest BCUT2D eigenvalue weighted by atomic mass is 32.2. The van der Waals surface area contributed by atoms with Crippen molar-refractivity contribution in [3.63, 3.8) is 0 Å². The summed E-state index contributed by atoms with van der Waals surface area (Å²) in [6.45, 7) is 6.49. The van der Waals surface area contributed by atoms with Crippen LogP contribution in [0.25, 0.3) is 10.9 Å². The standard InChI is InChI=1S/C19H26N4O3S/c1-4-6-11-20-18(26)22-16(24)12-27-19-21-15-10-8-7-9-14(15)17(25)23(19)13(3)5-2/h7-10,13H,4-6,11-12H2,1-3H3,(H2,20,22,24,26)/t13-/m1/s1. The lowest BCUT2D eigenvalue weighted by atomic mass is 10.2. The first-order valence-electron chi connectivity index (χ1n) is 9.19. The van der Waals surface area contributed by atoms with E-state index in [9.17, 15) is 14.4 Å². The maximum Gasteiger partial charge on any atom is 0.321 e. The van der Waals surface area contributed by atoms with Gasteiger partial charge in [0, 0.05) is 12.6 Å². The quantitative estimate of drug-likeness (QED) is 0.410. The summed E-state index contributed by atoms with van der Waals surface area (Å²) in [5.41, 5.74) is 0.484. The average Bonchev–Trinajstić information content (AvgIpc) is 2.66. The summed E-state index contributed by atoms with van der Waals surface area (Å²) < 4.78 is 1.63. The molecular weight excluding hydrogens is 364 g/mol. The molecule has 0 saturated carbocycles. The third-order valence-corrected chi connectivity index (χ3v) is 5.16. The van der Waals surface area contributed by atoms with Crippen molar-refractivity contribution in [2.24, 2.45) is 0 Å². The van der Waals surface area contributed by atoms with Crippen LogP contribution >= 0.6 is 11.8 Å². The lowest BCUT2D eigenvalue weighted by molar-refractivity contribution is -0.117. The zero-order chi connectivity index (χ0) is 19.8. The summed E-state index contributed by atoms with van der Waals surface area (Å²) in [5, 5.41) is 5.97. The van der Waals surface area contributed by atoms with Crippen LogP contribution in [0.4, 0.5) is 4.79 Å². The molecular formula is C19H26N4O3S. The number of hydrogen-bond donors (Lipinski definition) is 2. The maximum absolute atomic E-state index is 12.9. The minimum Gasteiger partial charge on any atom is -0.338 e. The normalized spacial score (nSPS) is 12.0. The van der Waals surface area contributed by atoms with E-state index in [1.54, 1.807) is 16.7 Å². The minimum absolute atomic E-state index is 0.00239. The van der Waals surface area contributed by atoms with Crippen molar-refractivity contribution in [2.75, 3.05) is 12.3 Å². The molecule has 2 N–H and O–H groups in total. The van der Waals surface area contributed by atoms with Crippen molar-refractivity contribution < 1.29 is 9.59 Å². The van der Waals surface area contributed by atoms with Gasteiger partial charge >= 0.3 is 6.03 Å². The number of carbonyl (C=O) groups is 2. The third-order valence-electron chi connectivity index (χ3n) is 4.21. The van der Waals surface area contributed by atoms with E-state index in [4.69, 9.17) is 0 Å². The molecule has 0 aliphatic carbocycles. The fourth-order valence-corrected chi connectivity index (χ4v) is 3.41. The third kappa shape index (κ3) is 5.56. The predicted octanol–water partition coefficient (Wildman–Crippen LogP) is 3.09. The number of thioether (sulfide) groups is 1. The van der Waals surface area contributed by atoms with E-state index in [0.29, 0.717) is 22.6 Å². The molecule has 0 saturated heterocycles. The summed E-state index contributed by atoms with van der Waals surface area (Å²) in [7, 11) is 0. The van der Waals surface area contributed by atoms with Crippen LogP contribution in [0.3, 0.4) is 0 Å². The van der Waals surface area contributed by atoms with Crippen molar-refractivity contribution in [2.45, 2.75) is 51.2 Å². The van der Waals surface area contributed by atoms with Crippen LogP contribution in [-0.2, 0) is 4.79 Å². The lowest BCUT2D eigenvalue weighted by Gasteiger charge is -2.18. The summed E-state index contributed by atoms with van der Waals surface area (Å²) in [6.07, 6.45) is 2.59. The van der Waals surface area contributed by atoms with Gasteiger partial charge in [0.2, 0.25) is 5.91 Å². The van der Waals surface area contributed by atoms with E-state index in [1.807, 2.05) is 32.9 Å². The van der Waals surface area contributed by atoms with Gasteiger partial charge in [-0.3, -0.25) is 19.5 Å². The van der Waals surface area contributed by atoms with Crippen LogP contribution in [0, 0.1) is 0 Å². The highest BCUT2D eigenvalue weighted by molar-refractivity contribution is 7.99. The molecule has 1 atom stereocenters. The lowest BCUT2D eigenvalue weighted by Crippen LogP contribution is -2.40. The Hall–Kier alpha value is -2.35. The number of carbonyl (C=O) groups excluding carboxylic acids is 2. The molecule has 7 nitrogen and oxygen atoms in total. The van der Waals surface area contributed by atoms with Gasteiger partial charge in [0.1, 0.15) is 0 Å². The van der Waals surface area contributed by atoms with Crippen LogP contribution in [-0.4, -0.2) is 33.8 Å². The van der Waals surface area contributed by atoms with Gasteiger partial charge in [-0.1, -0.05) is 44.2 Å². The number of fused-ring (bicyclic) bond motifs is 1. The molecule has 1 heterocycles. The van der Waals surface area contributed by atoms with Crippen LogP contribution in [0.1, 0.15) is 46.1 Å². The van der Waals surface area contributed by atoms with Gasteiger partial charge in [-0.2, -0.15) is 0 Å². The number of amides is 3. The highest BCUT2D eigenvalue weighted by Crippen LogP contribution is 2.22. The zero-order valence-electron chi connectivity index (χ0n) is 15.9. The van der Waals surface area contributed by atoms with Crippen LogP contribution in [0.5, 0.6) is 0 Å². The number of aromatic nitrogens is 2. The second-order valence-electron chi connectivity index (χ2n) is 6.29. The number of imide groups is 1. The molecule has 0 aliphatic rings. The van der Waals surface area contributed by atoms with Crippen LogP contribution in [0.15, 0.2) is 34.2 Å². The Morgan fingerprint density at radius 1 is 1.26 bits per heavy atom. The zero-order valence-corrected chi connectivity index (χ0v) is 16.8. The van der Waals surface area contributed by atoms with Crippen molar-refractivity contribution in [3.8, 4) is 0 Å². The first kappa shape index (κ1) is 21.0. The van der Waals surface area contributed by atoms with Gasteiger partial charge in [0.05, 0.1) is 16.7 Å². The number of para-hydroxylation sites is 1. The Balaban J connectivity index is 2.14. The minimum atomic E-state index is -0.500. The van der Waals surface area contributed by atoms with Gasteiger partial charge < -0.3 is 5.32 Å². The molecule has 2 aromatic rings. The number of benzene rings is 1. The second-order valence-corrected chi connectivity index (χ2v) is 7.23. The summed E-state index contributed by atoms with van der Waals surface area (Å²) >= 11 is 1.16. The second kappa shape index (κ2) is 10.1. The van der Waals surface area contributed by atoms with Gasteiger partial charge in [0.25, 0.3) is 5.56 Å².